The lowest BCUT2D eigenvalue weighted by atomic mass is 10.2. The van der Waals surface area contributed by atoms with E-state index in [1.54, 1.807) is 6.26 Å². The molecule has 0 amide bonds. The van der Waals surface area contributed by atoms with Crippen LogP contribution in [0.2, 0.25) is 0 Å². The fourth-order valence-electron chi connectivity index (χ4n) is 2.02. The van der Waals surface area contributed by atoms with Crippen molar-refractivity contribution in [3.63, 3.8) is 0 Å². The van der Waals surface area contributed by atoms with Crippen LogP contribution in [-0.4, -0.2) is 32.1 Å². The number of hydrogen-bond acceptors (Lipinski definition) is 4. The fraction of sp³-hybridized carbons (Fsp3) is 0.412. The molecule has 0 saturated carbocycles. The molecule has 2 aromatic rings. The van der Waals surface area contributed by atoms with Gasteiger partial charge in [-0.3, -0.25) is 0 Å². The third kappa shape index (κ3) is 6.02. The summed E-state index contributed by atoms with van der Waals surface area (Å²) in [6.45, 7) is 3.38. The molecule has 0 aliphatic heterocycles. The Balaban J connectivity index is 1.66. The van der Waals surface area contributed by atoms with Gasteiger partial charge in [-0.2, -0.15) is 0 Å². The number of nitrogens with zero attached hydrogens (tertiary/aromatic N) is 1. The Labute approximate surface area is 126 Å². The van der Waals surface area contributed by atoms with E-state index >= 15 is 0 Å². The highest BCUT2D eigenvalue weighted by Gasteiger charge is 1.98. The van der Waals surface area contributed by atoms with Crippen molar-refractivity contribution in [2.75, 3.05) is 27.2 Å². The summed E-state index contributed by atoms with van der Waals surface area (Å²) in [6, 6.07) is 12.1. The molecule has 0 spiro atoms. The average molecular weight is 288 g/mol. The minimum absolute atomic E-state index is 0.746. The average Bonchev–Trinajstić information content (AvgIpc) is 2.98. The molecular weight excluding hydrogens is 264 g/mol. The van der Waals surface area contributed by atoms with Crippen LogP contribution in [0.4, 0.5) is 0 Å². The highest BCUT2D eigenvalue weighted by Crippen LogP contribution is 2.12. The second-order valence-electron chi connectivity index (χ2n) is 5.33. The minimum Gasteiger partial charge on any atom is -0.494 e. The van der Waals surface area contributed by atoms with Gasteiger partial charge in [-0.15, -0.1) is 0 Å². The third-order valence-corrected chi connectivity index (χ3v) is 3.15. The number of ether oxygens (including phenoxy) is 1. The first kappa shape index (κ1) is 15.6. The Morgan fingerprint density at radius 1 is 1.10 bits per heavy atom. The summed E-state index contributed by atoms with van der Waals surface area (Å²) in [5, 5.41) is 3.35. The first-order valence-corrected chi connectivity index (χ1v) is 7.33. The number of benzene rings is 1. The third-order valence-electron chi connectivity index (χ3n) is 3.15. The molecule has 0 radical (unpaired) electrons. The molecule has 114 valence electrons. The van der Waals surface area contributed by atoms with Crippen LogP contribution in [0.1, 0.15) is 17.7 Å². The van der Waals surface area contributed by atoms with Crippen LogP contribution in [0, 0.1) is 0 Å². The summed E-state index contributed by atoms with van der Waals surface area (Å²) in [6.07, 6.45) is 2.74. The van der Waals surface area contributed by atoms with E-state index in [0.717, 1.165) is 44.2 Å². The zero-order chi connectivity index (χ0) is 14.9. The van der Waals surface area contributed by atoms with Gasteiger partial charge in [0, 0.05) is 13.1 Å². The maximum Gasteiger partial charge on any atom is 0.119 e. The molecule has 0 atom stereocenters. The normalized spacial score (nSPS) is 11.0. The van der Waals surface area contributed by atoms with Crippen LogP contribution >= 0.6 is 0 Å². The van der Waals surface area contributed by atoms with Gasteiger partial charge in [-0.05, 0) is 50.3 Å². The Bertz CT molecular complexity index is 492. The molecule has 0 fully saturated rings. The summed E-state index contributed by atoms with van der Waals surface area (Å²) in [5.74, 6) is 1.89. The highest BCUT2D eigenvalue weighted by molar-refractivity contribution is 5.27. The lowest BCUT2D eigenvalue weighted by Gasteiger charge is -2.10. The van der Waals surface area contributed by atoms with E-state index in [-0.39, 0.29) is 0 Å². The molecule has 1 aromatic heterocycles. The van der Waals surface area contributed by atoms with Gasteiger partial charge in [0.15, 0.2) is 0 Å². The van der Waals surface area contributed by atoms with Gasteiger partial charge in [0.1, 0.15) is 11.5 Å². The Morgan fingerprint density at radius 2 is 1.90 bits per heavy atom. The molecule has 21 heavy (non-hydrogen) atoms. The van der Waals surface area contributed by atoms with E-state index in [4.69, 9.17) is 9.15 Å². The lowest BCUT2D eigenvalue weighted by Crippen LogP contribution is -2.15. The second kappa shape index (κ2) is 8.49. The standard InChI is InChI=1S/C17H24N2O2/c1-19(2)10-4-12-20-16-8-6-15(7-9-16)13-18-14-17-5-3-11-21-17/h3,5-9,11,18H,4,10,12-14H2,1-2H3. The van der Waals surface area contributed by atoms with Gasteiger partial charge in [0.05, 0.1) is 19.4 Å². The van der Waals surface area contributed by atoms with Crippen molar-refractivity contribution in [1.29, 1.82) is 0 Å². The van der Waals surface area contributed by atoms with Crippen LogP contribution < -0.4 is 10.1 Å². The number of hydrogen-bond donors (Lipinski definition) is 1. The molecule has 1 aromatic carbocycles. The number of furan rings is 1. The molecule has 2 rings (SSSR count). The van der Waals surface area contributed by atoms with E-state index in [2.05, 4.69) is 36.4 Å². The van der Waals surface area contributed by atoms with E-state index < -0.39 is 0 Å². The predicted octanol–water partition coefficient (Wildman–Crippen LogP) is 2.90. The largest absolute Gasteiger partial charge is 0.494 e. The predicted molar refractivity (Wildman–Crippen MR) is 84.4 cm³/mol. The summed E-state index contributed by atoms with van der Waals surface area (Å²) in [7, 11) is 4.15. The van der Waals surface area contributed by atoms with Crippen molar-refractivity contribution in [2.24, 2.45) is 0 Å². The molecular formula is C17H24N2O2. The topological polar surface area (TPSA) is 37.6 Å². The molecule has 4 nitrogen and oxygen atoms in total. The molecule has 0 unspecified atom stereocenters. The molecule has 0 aliphatic rings. The molecule has 1 N–H and O–H groups in total. The maximum absolute atomic E-state index is 5.71. The summed E-state index contributed by atoms with van der Waals surface area (Å²) in [5.41, 5.74) is 1.24. The van der Waals surface area contributed by atoms with Crippen molar-refractivity contribution >= 4 is 0 Å². The van der Waals surface area contributed by atoms with Crippen LogP contribution in [0.3, 0.4) is 0 Å². The van der Waals surface area contributed by atoms with Crippen molar-refractivity contribution in [2.45, 2.75) is 19.5 Å². The summed E-state index contributed by atoms with van der Waals surface area (Å²) < 4.78 is 11.0. The van der Waals surface area contributed by atoms with Crippen LogP contribution in [0.15, 0.2) is 47.1 Å². The van der Waals surface area contributed by atoms with Gasteiger partial charge >= 0.3 is 0 Å². The lowest BCUT2D eigenvalue weighted by molar-refractivity contribution is 0.281. The maximum atomic E-state index is 5.71. The van der Waals surface area contributed by atoms with Crippen molar-refractivity contribution in [3.8, 4) is 5.75 Å². The molecule has 1 heterocycles. The van der Waals surface area contributed by atoms with Crippen molar-refractivity contribution in [3.05, 3.63) is 54.0 Å². The molecule has 0 aliphatic carbocycles. The van der Waals surface area contributed by atoms with Gasteiger partial charge in [0.25, 0.3) is 0 Å². The van der Waals surface area contributed by atoms with Crippen LogP contribution in [0.5, 0.6) is 5.75 Å². The van der Waals surface area contributed by atoms with Crippen LogP contribution in [-0.2, 0) is 13.1 Å². The summed E-state index contributed by atoms with van der Waals surface area (Å²) in [4.78, 5) is 2.16. The van der Waals surface area contributed by atoms with Gasteiger partial charge in [-0.1, -0.05) is 12.1 Å². The quantitative estimate of drug-likeness (QED) is 0.720. The SMILES string of the molecule is CN(C)CCCOc1ccc(CNCc2ccco2)cc1. The Morgan fingerprint density at radius 3 is 2.57 bits per heavy atom. The molecule has 0 saturated heterocycles. The smallest absolute Gasteiger partial charge is 0.119 e. The van der Waals surface area contributed by atoms with E-state index in [1.807, 2.05) is 24.3 Å². The van der Waals surface area contributed by atoms with Gasteiger partial charge in [0.2, 0.25) is 0 Å². The monoisotopic (exact) mass is 288 g/mol. The zero-order valence-corrected chi connectivity index (χ0v) is 12.8. The van der Waals surface area contributed by atoms with Crippen molar-refractivity contribution in [1.82, 2.24) is 10.2 Å². The summed E-state index contributed by atoms with van der Waals surface area (Å²) >= 11 is 0. The Hall–Kier alpha value is -1.78. The van der Waals surface area contributed by atoms with Crippen molar-refractivity contribution < 1.29 is 9.15 Å². The second-order valence-corrected chi connectivity index (χ2v) is 5.33. The molecule has 0 bridgehead atoms. The number of rotatable bonds is 9. The van der Waals surface area contributed by atoms with Gasteiger partial charge < -0.3 is 19.4 Å². The first-order chi connectivity index (χ1) is 10.2. The Kier molecular flexibility index (Phi) is 6.31. The fourth-order valence-corrected chi connectivity index (χ4v) is 2.02. The van der Waals surface area contributed by atoms with Crippen LogP contribution in [0.25, 0.3) is 0 Å². The van der Waals surface area contributed by atoms with E-state index in [0.29, 0.717) is 0 Å². The zero-order valence-electron chi connectivity index (χ0n) is 12.8. The number of nitrogens with one attached hydrogen (secondary N) is 1. The van der Waals surface area contributed by atoms with Gasteiger partial charge in [-0.25, -0.2) is 0 Å². The highest BCUT2D eigenvalue weighted by atomic mass is 16.5. The minimum atomic E-state index is 0.746. The molecule has 4 heteroatoms. The van der Waals surface area contributed by atoms with E-state index in [9.17, 15) is 0 Å². The van der Waals surface area contributed by atoms with E-state index in [1.165, 1.54) is 5.56 Å². The first-order valence-electron chi connectivity index (χ1n) is 7.33.